The van der Waals surface area contributed by atoms with Crippen LogP contribution in [-0.4, -0.2) is 51.4 Å². The van der Waals surface area contributed by atoms with Crippen LogP contribution in [0, 0.1) is 5.92 Å². The number of hydrogen-bond donors (Lipinski definition) is 5. The first-order chi connectivity index (χ1) is 5.09. The molecule has 6 N–H and O–H groups in total. The maximum Gasteiger partial charge on any atom is 0.108 e. The van der Waals surface area contributed by atoms with E-state index in [1.807, 2.05) is 0 Å². The second-order valence-electron chi connectivity index (χ2n) is 2.90. The Bertz CT molecular complexity index is 129. The summed E-state index contributed by atoms with van der Waals surface area (Å²) in [6.07, 6.45) is -3.49. The molecule has 0 spiro atoms. The van der Waals surface area contributed by atoms with Crippen LogP contribution in [0.5, 0.6) is 0 Å². The van der Waals surface area contributed by atoms with Crippen LogP contribution in [-0.2, 0) is 0 Å². The molecule has 66 valence electrons. The average Bonchev–Trinajstić information content (AvgIpc) is 2.17. The monoisotopic (exact) mass is 163 g/mol. The lowest BCUT2D eigenvalue weighted by Gasteiger charge is -2.15. The van der Waals surface area contributed by atoms with Crippen molar-refractivity contribution in [3.8, 4) is 0 Å². The molecule has 0 heterocycles. The third kappa shape index (κ3) is 1.25. The van der Waals surface area contributed by atoms with E-state index in [0.717, 1.165) is 0 Å². The van der Waals surface area contributed by atoms with E-state index in [1.54, 1.807) is 0 Å². The van der Waals surface area contributed by atoms with Crippen molar-refractivity contribution < 1.29 is 20.4 Å². The van der Waals surface area contributed by atoms with E-state index in [0.29, 0.717) is 0 Å². The van der Waals surface area contributed by atoms with Crippen LogP contribution in [0.1, 0.15) is 0 Å². The summed E-state index contributed by atoms with van der Waals surface area (Å²) in [4.78, 5) is 0. The molecule has 1 fully saturated rings. The lowest BCUT2D eigenvalue weighted by molar-refractivity contribution is -0.0307. The smallest absolute Gasteiger partial charge is 0.108 e. The van der Waals surface area contributed by atoms with Crippen LogP contribution in [0.25, 0.3) is 0 Å². The Balaban J connectivity index is 2.69. The van der Waals surface area contributed by atoms with Gasteiger partial charge in [0.2, 0.25) is 0 Å². The molecular weight excluding hydrogens is 150 g/mol. The Kier molecular flexibility index (Phi) is 2.46. The van der Waals surface area contributed by atoms with Crippen molar-refractivity contribution in [2.24, 2.45) is 11.7 Å². The molecule has 0 aliphatic heterocycles. The Morgan fingerprint density at radius 1 is 1.00 bits per heavy atom. The van der Waals surface area contributed by atoms with Gasteiger partial charge >= 0.3 is 0 Å². The summed E-state index contributed by atoms with van der Waals surface area (Å²) >= 11 is 0. The molecule has 5 atom stereocenters. The highest BCUT2D eigenvalue weighted by atomic mass is 16.4. The zero-order chi connectivity index (χ0) is 8.59. The maximum atomic E-state index is 9.15. The Morgan fingerprint density at radius 2 is 1.55 bits per heavy atom. The topological polar surface area (TPSA) is 107 Å². The Morgan fingerprint density at radius 3 is 1.73 bits per heavy atom. The van der Waals surface area contributed by atoms with Crippen molar-refractivity contribution in [1.82, 2.24) is 0 Å². The fourth-order valence-corrected chi connectivity index (χ4v) is 1.39. The van der Waals surface area contributed by atoms with E-state index in [2.05, 4.69) is 0 Å². The average molecular weight is 163 g/mol. The summed E-state index contributed by atoms with van der Waals surface area (Å²) in [5.41, 5.74) is 5.38. The first-order valence-electron chi connectivity index (χ1n) is 3.50. The molecule has 0 unspecified atom stereocenters. The van der Waals surface area contributed by atoms with E-state index in [4.69, 9.17) is 26.2 Å². The van der Waals surface area contributed by atoms with Gasteiger partial charge in [-0.15, -0.1) is 0 Å². The van der Waals surface area contributed by atoms with Crippen LogP contribution >= 0.6 is 0 Å². The summed E-state index contributed by atoms with van der Waals surface area (Å²) in [6, 6.07) is -0.745. The van der Waals surface area contributed by atoms with Crippen molar-refractivity contribution in [3.63, 3.8) is 0 Å². The molecule has 0 aromatic carbocycles. The van der Waals surface area contributed by atoms with Gasteiger partial charge in [0.15, 0.2) is 0 Å². The lowest BCUT2D eigenvalue weighted by atomic mass is 10.0. The van der Waals surface area contributed by atoms with Crippen LogP contribution < -0.4 is 5.73 Å². The van der Waals surface area contributed by atoms with Crippen molar-refractivity contribution >= 4 is 0 Å². The molecule has 0 bridgehead atoms. The van der Waals surface area contributed by atoms with E-state index in [1.165, 1.54) is 0 Å². The summed E-state index contributed by atoms with van der Waals surface area (Å²) in [7, 11) is 0. The highest BCUT2D eigenvalue weighted by Gasteiger charge is 2.46. The standard InChI is InChI=1S/C6H13NO4/c7-3-2(1-8)4(9)6(11)5(3)10/h2-6,8-11H,1,7H2/t2-,3-,4+,5+,6-/m0/s1. The van der Waals surface area contributed by atoms with Gasteiger partial charge in [-0.2, -0.15) is 0 Å². The summed E-state index contributed by atoms with van der Waals surface area (Å²) < 4.78 is 0. The minimum absolute atomic E-state index is 0.323. The van der Waals surface area contributed by atoms with Crippen molar-refractivity contribution in [2.75, 3.05) is 6.61 Å². The van der Waals surface area contributed by atoms with E-state index >= 15 is 0 Å². The predicted octanol–water partition coefficient (Wildman–Crippen LogP) is -2.98. The number of rotatable bonds is 1. The summed E-state index contributed by atoms with van der Waals surface area (Å²) in [5.74, 6) is -0.625. The highest BCUT2D eigenvalue weighted by Crippen LogP contribution is 2.25. The van der Waals surface area contributed by atoms with Gasteiger partial charge in [0, 0.05) is 12.0 Å². The molecule has 0 radical (unpaired) electrons. The number of hydrogen-bond acceptors (Lipinski definition) is 5. The predicted molar refractivity (Wildman–Crippen MR) is 36.6 cm³/mol. The second-order valence-corrected chi connectivity index (χ2v) is 2.90. The van der Waals surface area contributed by atoms with Gasteiger partial charge in [-0.1, -0.05) is 0 Å². The number of aliphatic hydroxyl groups excluding tert-OH is 4. The molecule has 0 amide bonds. The molecule has 0 saturated heterocycles. The fraction of sp³-hybridized carbons (Fsp3) is 1.00. The van der Waals surface area contributed by atoms with E-state index < -0.39 is 30.3 Å². The first kappa shape index (κ1) is 8.89. The van der Waals surface area contributed by atoms with Gasteiger partial charge in [-0.25, -0.2) is 0 Å². The van der Waals surface area contributed by atoms with Crippen LogP contribution in [0.2, 0.25) is 0 Å². The third-order valence-electron chi connectivity index (χ3n) is 2.24. The molecule has 0 aromatic rings. The normalized spacial score (nSPS) is 51.5. The van der Waals surface area contributed by atoms with Gasteiger partial charge < -0.3 is 26.2 Å². The SMILES string of the molecule is N[C@@H]1[C@@H](O)[C@@H](O)[C@H](O)[C@H]1CO. The number of aliphatic hydroxyl groups is 4. The Hall–Kier alpha value is -0.200. The summed E-state index contributed by atoms with van der Waals surface area (Å²) in [6.45, 7) is -0.323. The van der Waals surface area contributed by atoms with E-state index in [-0.39, 0.29) is 6.61 Å². The molecule has 11 heavy (non-hydrogen) atoms. The van der Waals surface area contributed by atoms with Crippen LogP contribution in [0.15, 0.2) is 0 Å². The van der Waals surface area contributed by atoms with Gasteiger partial charge in [0.1, 0.15) is 6.10 Å². The molecule has 0 aromatic heterocycles. The molecule has 1 saturated carbocycles. The first-order valence-corrected chi connectivity index (χ1v) is 3.50. The molecule has 1 rings (SSSR count). The zero-order valence-electron chi connectivity index (χ0n) is 5.96. The van der Waals surface area contributed by atoms with E-state index in [9.17, 15) is 0 Å². The van der Waals surface area contributed by atoms with Gasteiger partial charge in [-0.05, 0) is 0 Å². The Labute approximate surface area is 64.1 Å². The maximum absolute atomic E-state index is 9.15. The molecule has 1 aliphatic rings. The second kappa shape index (κ2) is 3.04. The zero-order valence-corrected chi connectivity index (χ0v) is 5.96. The number of nitrogens with two attached hydrogens (primary N) is 1. The van der Waals surface area contributed by atoms with Crippen LogP contribution in [0.4, 0.5) is 0 Å². The highest BCUT2D eigenvalue weighted by molar-refractivity contribution is 4.99. The molecule has 5 nitrogen and oxygen atoms in total. The minimum Gasteiger partial charge on any atom is -0.396 e. The summed E-state index contributed by atoms with van der Waals surface area (Å²) in [5, 5.41) is 36.0. The van der Waals surface area contributed by atoms with Crippen molar-refractivity contribution in [3.05, 3.63) is 0 Å². The van der Waals surface area contributed by atoms with Crippen molar-refractivity contribution in [1.29, 1.82) is 0 Å². The van der Waals surface area contributed by atoms with Gasteiger partial charge in [-0.3, -0.25) is 0 Å². The lowest BCUT2D eigenvalue weighted by Crippen LogP contribution is -2.39. The van der Waals surface area contributed by atoms with Crippen LogP contribution in [0.3, 0.4) is 0 Å². The molecule has 1 aliphatic carbocycles. The van der Waals surface area contributed by atoms with Gasteiger partial charge in [0.05, 0.1) is 18.8 Å². The molecular formula is C6H13NO4. The minimum atomic E-state index is -1.23. The third-order valence-corrected chi connectivity index (χ3v) is 2.24. The molecule has 5 heteroatoms. The fourth-order valence-electron chi connectivity index (χ4n) is 1.39. The largest absolute Gasteiger partial charge is 0.396 e. The van der Waals surface area contributed by atoms with Gasteiger partial charge in [0.25, 0.3) is 0 Å². The quantitative estimate of drug-likeness (QED) is 0.283. The van der Waals surface area contributed by atoms with Crippen molar-refractivity contribution in [2.45, 2.75) is 24.4 Å².